The molecule has 0 N–H and O–H groups in total. The van der Waals surface area contributed by atoms with E-state index < -0.39 is 6.10 Å². The third kappa shape index (κ3) is 54.3. The van der Waals surface area contributed by atoms with E-state index in [1.807, 2.05) is 0 Å². The van der Waals surface area contributed by atoms with Crippen LogP contribution in [0.25, 0.3) is 0 Å². The van der Waals surface area contributed by atoms with E-state index in [1.54, 1.807) is 0 Å². The van der Waals surface area contributed by atoms with Crippen molar-refractivity contribution in [1.29, 1.82) is 0 Å². The SMILES string of the molecule is CC/C=C\C/C=C\C/C=C\CCCCCCCCCCCC(=O)OCC(COC(=O)CCCCC/C=C\CCCCCCCC)OC(=O)CCCCCCCCCCCCCCCCCCCC. The third-order valence-electron chi connectivity index (χ3n) is 13.1. The number of hydrogen-bond acceptors (Lipinski definition) is 6. The molecule has 0 amide bonds. The number of ether oxygens (including phenoxy) is 3. The van der Waals surface area contributed by atoms with Crippen molar-refractivity contribution in [2.45, 2.75) is 316 Å². The van der Waals surface area contributed by atoms with Gasteiger partial charge in [-0.25, -0.2) is 0 Å². The highest BCUT2D eigenvalue weighted by Crippen LogP contribution is 2.17. The van der Waals surface area contributed by atoms with E-state index in [9.17, 15) is 14.4 Å². The average Bonchev–Trinajstić information content (AvgIpc) is 3.34. The van der Waals surface area contributed by atoms with E-state index in [0.29, 0.717) is 19.3 Å². The van der Waals surface area contributed by atoms with Crippen LogP contribution < -0.4 is 0 Å². The zero-order valence-electron chi connectivity index (χ0n) is 45.4. The number of carbonyl (C=O) groups is 3. The van der Waals surface area contributed by atoms with Crippen molar-refractivity contribution >= 4 is 17.9 Å². The quantitative estimate of drug-likeness (QED) is 0.0262. The normalized spacial score (nSPS) is 12.3. The molecular weight excluding hydrogens is 841 g/mol. The standard InChI is InChI=1S/C62H112O6/c1-4-7-10-13-16-19-22-25-27-29-31-33-34-37-40-43-46-49-52-55-61(64)67-58-59(57-66-60(63)54-51-48-45-42-39-36-24-21-18-15-12-9-6-3)68-62(65)56-53-50-47-44-41-38-35-32-30-28-26-23-20-17-14-11-8-5-2/h7,10,16,19,25,27,36,39,59H,4-6,8-9,11-15,17-18,20-24,26,28-35,37-38,40-58H2,1-3H3/b10-7-,19-16-,27-25-,39-36-. The minimum atomic E-state index is -0.779. The predicted molar refractivity (Wildman–Crippen MR) is 293 cm³/mol. The molecule has 0 aliphatic rings. The first-order valence-electron chi connectivity index (χ1n) is 29.6. The fraction of sp³-hybridized carbons (Fsp3) is 0.823. The number of rotatable bonds is 54. The lowest BCUT2D eigenvalue weighted by atomic mass is 10.0. The van der Waals surface area contributed by atoms with Crippen molar-refractivity contribution in [3.63, 3.8) is 0 Å². The molecular formula is C62H112O6. The van der Waals surface area contributed by atoms with Crippen LogP contribution in [-0.4, -0.2) is 37.2 Å². The average molecular weight is 954 g/mol. The molecule has 396 valence electrons. The van der Waals surface area contributed by atoms with Gasteiger partial charge >= 0.3 is 17.9 Å². The van der Waals surface area contributed by atoms with E-state index >= 15 is 0 Å². The Morgan fingerprint density at radius 1 is 0.309 bits per heavy atom. The van der Waals surface area contributed by atoms with Crippen LogP contribution in [-0.2, 0) is 28.6 Å². The van der Waals surface area contributed by atoms with Crippen LogP contribution in [0.5, 0.6) is 0 Å². The van der Waals surface area contributed by atoms with Gasteiger partial charge in [-0.1, -0.05) is 262 Å². The molecule has 0 radical (unpaired) electrons. The Morgan fingerprint density at radius 3 is 0.926 bits per heavy atom. The molecule has 1 atom stereocenters. The van der Waals surface area contributed by atoms with Gasteiger partial charge in [0.15, 0.2) is 6.10 Å². The van der Waals surface area contributed by atoms with Crippen molar-refractivity contribution < 1.29 is 28.6 Å². The highest BCUT2D eigenvalue weighted by molar-refractivity contribution is 5.71. The van der Waals surface area contributed by atoms with Crippen molar-refractivity contribution in [1.82, 2.24) is 0 Å². The Bertz CT molecular complexity index is 1190. The number of carbonyl (C=O) groups excluding carboxylic acids is 3. The first kappa shape index (κ1) is 65.4. The summed E-state index contributed by atoms with van der Waals surface area (Å²) in [7, 11) is 0. The monoisotopic (exact) mass is 953 g/mol. The lowest BCUT2D eigenvalue weighted by Crippen LogP contribution is -2.30. The Hall–Kier alpha value is -2.63. The summed E-state index contributed by atoms with van der Waals surface area (Å²) in [4.78, 5) is 38.2. The summed E-state index contributed by atoms with van der Waals surface area (Å²) in [5.41, 5.74) is 0. The summed E-state index contributed by atoms with van der Waals surface area (Å²) in [6, 6.07) is 0. The summed E-state index contributed by atoms with van der Waals surface area (Å²) in [6.07, 6.45) is 69.6. The van der Waals surface area contributed by atoms with Gasteiger partial charge in [0.25, 0.3) is 0 Å². The first-order chi connectivity index (χ1) is 33.5. The number of unbranched alkanes of at least 4 members (excludes halogenated alkanes) is 35. The van der Waals surface area contributed by atoms with Crippen LogP contribution in [0.15, 0.2) is 48.6 Å². The van der Waals surface area contributed by atoms with Gasteiger partial charge in [0.2, 0.25) is 0 Å². The molecule has 0 saturated heterocycles. The van der Waals surface area contributed by atoms with E-state index in [2.05, 4.69) is 69.4 Å². The molecule has 6 heteroatoms. The number of hydrogen-bond donors (Lipinski definition) is 0. The summed E-state index contributed by atoms with van der Waals surface area (Å²) < 4.78 is 16.9. The number of allylic oxidation sites excluding steroid dienone is 8. The summed E-state index contributed by atoms with van der Waals surface area (Å²) in [6.45, 7) is 6.55. The predicted octanol–water partition coefficient (Wildman–Crippen LogP) is 19.8. The fourth-order valence-corrected chi connectivity index (χ4v) is 8.63. The van der Waals surface area contributed by atoms with Gasteiger partial charge in [0, 0.05) is 19.3 Å². The van der Waals surface area contributed by atoms with Crippen molar-refractivity contribution in [2.75, 3.05) is 13.2 Å². The zero-order chi connectivity index (χ0) is 49.3. The molecule has 0 saturated carbocycles. The molecule has 0 aromatic rings. The van der Waals surface area contributed by atoms with E-state index in [4.69, 9.17) is 14.2 Å². The zero-order valence-corrected chi connectivity index (χ0v) is 45.4. The van der Waals surface area contributed by atoms with Crippen molar-refractivity contribution in [2.24, 2.45) is 0 Å². The van der Waals surface area contributed by atoms with Gasteiger partial charge in [-0.15, -0.1) is 0 Å². The lowest BCUT2D eigenvalue weighted by Gasteiger charge is -2.18. The lowest BCUT2D eigenvalue weighted by molar-refractivity contribution is -0.167. The smallest absolute Gasteiger partial charge is 0.306 e. The van der Waals surface area contributed by atoms with Crippen molar-refractivity contribution in [3.8, 4) is 0 Å². The largest absolute Gasteiger partial charge is 0.462 e. The Balaban J connectivity index is 4.34. The highest BCUT2D eigenvalue weighted by atomic mass is 16.6. The maximum Gasteiger partial charge on any atom is 0.306 e. The van der Waals surface area contributed by atoms with Crippen LogP contribution >= 0.6 is 0 Å². The Kier molecular flexibility index (Phi) is 54.8. The van der Waals surface area contributed by atoms with Gasteiger partial charge in [-0.2, -0.15) is 0 Å². The Labute approximate surface area is 422 Å². The van der Waals surface area contributed by atoms with Gasteiger partial charge < -0.3 is 14.2 Å². The van der Waals surface area contributed by atoms with Gasteiger partial charge in [0.05, 0.1) is 0 Å². The first-order valence-corrected chi connectivity index (χ1v) is 29.6. The van der Waals surface area contributed by atoms with Crippen LogP contribution in [0.1, 0.15) is 310 Å². The minimum Gasteiger partial charge on any atom is -0.462 e. The second-order valence-corrected chi connectivity index (χ2v) is 19.9. The molecule has 0 aliphatic heterocycles. The fourth-order valence-electron chi connectivity index (χ4n) is 8.63. The molecule has 6 nitrogen and oxygen atoms in total. The van der Waals surface area contributed by atoms with E-state index in [0.717, 1.165) is 89.9 Å². The van der Waals surface area contributed by atoms with E-state index in [-0.39, 0.29) is 31.1 Å². The van der Waals surface area contributed by atoms with Crippen LogP contribution in [0.3, 0.4) is 0 Å². The van der Waals surface area contributed by atoms with Gasteiger partial charge in [-0.3, -0.25) is 14.4 Å². The third-order valence-corrected chi connectivity index (χ3v) is 13.1. The minimum absolute atomic E-state index is 0.0775. The van der Waals surface area contributed by atoms with Gasteiger partial charge in [0.1, 0.15) is 13.2 Å². The molecule has 0 rings (SSSR count). The number of esters is 3. The molecule has 0 bridgehead atoms. The molecule has 0 aromatic carbocycles. The topological polar surface area (TPSA) is 78.9 Å². The maximum atomic E-state index is 12.9. The second-order valence-electron chi connectivity index (χ2n) is 19.9. The molecule has 0 spiro atoms. The molecule has 0 aliphatic carbocycles. The highest BCUT2D eigenvalue weighted by Gasteiger charge is 2.19. The van der Waals surface area contributed by atoms with Crippen LogP contribution in [0, 0.1) is 0 Å². The van der Waals surface area contributed by atoms with Crippen molar-refractivity contribution in [3.05, 3.63) is 48.6 Å². The molecule has 0 fully saturated rings. The summed E-state index contributed by atoms with van der Waals surface area (Å²) in [5, 5.41) is 0. The second kappa shape index (κ2) is 57.0. The van der Waals surface area contributed by atoms with E-state index in [1.165, 1.54) is 180 Å². The molecule has 0 aromatic heterocycles. The van der Waals surface area contributed by atoms with Gasteiger partial charge in [-0.05, 0) is 77.0 Å². The maximum absolute atomic E-state index is 12.9. The summed E-state index contributed by atoms with van der Waals surface area (Å²) >= 11 is 0. The van der Waals surface area contributed by atoms with Crippen LogP contribution in [0.4, 0.5) is 0 Å². The summed E-state index contributed by atoms with van der Waals surface area (Å²) in [5.74, 6) is -0.882. The molecule has 68 heavy (non-hydrogen) atoms. The molecule has 1 unspecified atom stereocenters. The van der Waals surface area contributed by atoms with Crippen LogP contribution in [0.2, 0.25) is 0 Å². The molecule has 0 heterocycles. The Morgan fingerprint density at radius 2 is 0.574 bits per heavy atom.